The molecule has 1 N–H and O–H groups in total. The molecule has 0 unspecified atom stereocenters. The van der Waals surface area contributed by atoms with Crippen LogP contribution in [0.5, 0.6) is 5.75 Å². The highest BCUT2D eigenvalue weighted by molar-refractivity contribution is 6.30. The van der Waals surface area contributed by atoms with Crippen LogP contribution in [-0.4, -0.2) is 5.11 Å². The van der Waals surface area contributed by atoms with Crippen molar-refractivity contribution in [3.05, 3.63) is 70.3 Å². The molecule has 25 heavy (non-hydrogen) atoms. The maximum absolute atomic E-state index is 9.72. The average molecular weight is 351 g/mol. The summed E-state index contributed by atoms with van der Waals surface area (Å²) in [6.07, 6.45) is 6.96. The summed E-state index contributed by atoms with van der Waals surface area (Å²) in [6.45, 7) is 0. The number of halogens is 1. The van der Waals surface area contributed by atoms with Crippen molar-refractivity contribution >= 4 is 17.2 Å². The Labute approximate surface area is 154 Å². The molecule has 2 aromatic rings. The van der Waals surface area contributed by atoms with Gasteiger partial charge >= 0.3 is 0 Å². The van der Waals surface area contributed by atoms with Crippen LogP contribution in [0.2, 0.25) is 5.02 Å². The van der Waals surface area contributed by atoms with Crippen molar-refractivity contribution in [3.8, 4) is 5.75 Å². The fraction of sp³-hybridized carbons (Fsp3) is 0.391. The Morgan fingerprint density at radius 3 is 1.72 bits per heavy atom. The third-order valence-electron chi connectivity index (χ3n) is 6.60. The lowest BCUT2D eigenvalue weighted by molar-refractivity contribution is 0.0705. The van der Waals surface area contributed by atoms with Crippen molar-refractivity contribution in [3.63, 3.8) is 0 Å². The van der Waals surface area contributed by atoms with E-state index < -0.39 is 0 Å². The second kappa shape index (κ2) is 5.92. The third kappa shape index (κ3) is 2.69. The molecule has 2 aromatic carbocycles. The van der Waals surface area contributed by atoms with E-state index in [-0.39, 0.29) is 0 Å². The number of phenolic OH excluding ortho intramolecular Hbond substituents is 1. The summed E-state index contributed by atoms with van der Waals surface area (Å²) < 4.78 is 0. The van der Waals surface area contributed by atoms with Gasteiger partial charge in [-0.25, -0.2) is 0 Å². The van der Waals surface area contributed by atoms with Crippen LogP contribution >= 0.6 is 11.6 Å². The number of phenols is 1. The standard InChI is InChI=1S/C23H23ClO/c24-20-5-1-16(2-6-20)22(17-3-7-21(25)8-4-17)23-18-10-14-9-15(12-18)13-19(23)11-14/h1-8,14-15,18-19,25H,9-13H2. The summed E-state index contributed by atoms with van der Waals surface area (Å²) in [5, 5.41) is 10.5. The van der Waals surface area contributed by atoms with E-state index in [2.05, 4.69) is 24.3 Å². The molecule has 0 saturated heterocycles. The number of hydrogen-bond acceptors (Lipinski definition) is 1. The van der Waals surface area contributed by atoms with Gasteiger partial charge in [0.15, 0.2) is 0 Å². The first-order chi connectivity index (χ1) is 12.2. The highest BCUT2D eigenvalue weighted by atomic mass is 35.5. The van der Waals surface area contributed by atoms with E-state index in [1.807, 2.05) is 24.3 Å². The van der Waals surface area contributed by atoms with Gasteiger partial charge in [-0.3, -0.25) is 0 Å². The van der Waals surface area contributed by atoms with Gasteiger partial charge in [0.05, 0.1) is 0 Å². The van der Waals surface area contributed by atoms with Gasteiger partial charge in [-0.15, -0.1) is 0 Å². The van der Waals surface area contributed by atoms with Crippen LogP contribution in [0, 0.1) is 23.7 Å². The van der Waals surface area contributed by atoms with Crippen molar-refractivity contribution in [1.82, 2.24) is 0 Å². The van der Waals surface area contributed by atoms with Crippen LogP contribution in [0.25, 0.3) is 5.57 Å². The summed E-state index contributed by atoms with van der Waals surface area (Å²) >= 11 is 6.14. The molecule has 0 heterocycles. The molecule has 0 aliphatic heterocycles. The molecular weight excluding hydrogens is 328 g/mol. The second-order valence-corrected chi connectivity index (χ2v) is 8.62. The van der Waals surface area contributed by atoms with E-state index in [9.17, 15) is 5.11 Å². The number of rotatable bonds is 2. The Morgan fingerprint density at radius 2 is 1.20 bits per heavy atom. The van der Waals surface area contributed by atoms with Crippen molar-refractivity contribution in [2.45, 2.75) is 32.1 Å². The van der Waals surface area contributed by atoms with Gasteiger partial charge < -0.3 is 5.11 Å². The van der Waals surface area contributed by atoms with Gasteiger partial charge in [-0.2, -0.15) is 0 Å². The zero-order valence-electron chi connectivity index (χ0n) is 14.3. The number of hydrogen-bond donors (Lipinski definition) is 1. The van der Waals surface area contributed by atoms with Crippen LogP contribution in [-0.2, 0) is 0 Å². The summed E-state index contributed by atoms with van der Waals surface area (Å²) in [4.78, 5) is 0. The summed E-state index contributed by atoms with van der Waals surface area (Å²) in [5.41, 5.74) is 5.56. The van der Waals surface area contributed by atoms with Gasteiger partial charge in [0.25, 0.3) is 0 Å². The fourth-order valence-corrected chi connectivity index (χ4v) is 5.97. The molecule has 0 aromatic heterocycles. The third-order valence-corrected chi connectivity index (χ3v) is 6.85. The van der Waals surface area contributed by atoms with Gasteiger partial charge in [0.1, 0.15) is 5.75 Å². The number of benzene rings is 2. The molecule has 4 saturated carbocycles. The lowest BCUT2D eigenvalue weighted by Crippen LogP contribution is -2.40. The fourth-order valence-electron chi connectivity index (χ4n) is 5.84. The van der Waals surface area contributed by atoms with Crippen LogP contribution < -0.4 is 0 Å². The van der Waals surface area contributed by atoms with E-state index in [0.717, 1.165) is 28.7 Å². The van der Waals surface area contributed by atoms with Gasteiger partial charge in [0, 0.05) is 5.02 Å². The molecule has 128 valence electrons. The molecule has 4 fully saturated rings. The first-order valence-electron chi connectivity index (χ1n) is 9.47. The molecule has 0 spiro atoms. The highest BCUT2D eigenvalue weighted by Gasteiger charge is 2.46. The maximum Gasteiger partial charge on any atom is 0.115 e. The predicted octanol–water partition coefficient (Wildman–Crippen LogP) is 6.30. The molecule has 0 radical (unpaired) electrons. The van der Waals surface area contributed by atoms with E-state index in [1.165, 1.54) is 48.8 Å². The van der Waals surface area contributed by atoms with Gasteiger partial charge in [-0.1, -0.05) is 41.4 Å². The molecule has 4 aliphatic carbocycles. The molecular formula is C23H23ClO. The zero-order chi connectivity index (χ0) is 17.0. The van der Waals surface area contributed by atoms with Crippen LogP contribution in [0.4, 0.5) is 0 Å². The van der Waals surface area contributed by atoms with Crippen LogP contribution in [0.1, 0.15) is 43.2 Å². The number of aromatic hydroxyl groups is 1. The molecule has 1 nitrogen and oxygen atoms in total. The average Bonchev–Trinajstić information content (AvgIpc) is 2.60. The Hall–Kier alpha value is -1.73. The largest absolute Gasteiger partial charge is 0.508 e. The van der Waals surface area contributed by atoms with Crippen LogP contribution in [0.15, 0.2) is 54.1 Å². The monoisotopic (exact) mass is 350 g/mol. The molecule has 2 heteroatoms. The predicted molar refractivity (Wildman–Crippen MR) is 103 cm³/mol. The maximum atomic E-state index is 9.72. The number of allylic oxidation sites excluding steroid dienone is 1. The molecule has 4 bridgehead atoms. The zero-order valence-corrected chi connectivity index (χ0v) is 15.0. The van der Waals surface area contributed by atoms with Crippen molar-refractivity contribution in [2.75, 3.05) is 0 Å². The van der Waals surface area contributed by atoms with E-state index in [0.29, 0.717) is 5.75 Å². The first kappa shape index (κ1) is 15.5. The minimum absolute atomic E-state index is 0.328. The normalized spacial score (nSPS) is 29.9. The lowest BCUT2D eigenvalue weighted by Gasteiger charge is -2.52. The van der Waals surface area contributed by atoms with Crippen LogP contribution in [0.3, 0.4) is 0 Å². The van der Waals surface area contributed by atoms with Gasteiger partial charge in [-0.05, 0) is 96.7 Å². The Bertz CT molecular complexity index is 739. The summed E-state index contributed by atoms with van der Waals surface area (Å²) in [5.74, 6) is 3.73. The summed E-state index contributed by atoms with van der Waals surface area (Å²) in [7, 11) is 0. The molecule has 4 aliphatic rings. The Balaban J connectivity index is 1.69. The second-order valence-electron chi connectivity index (χ2n) is 8.19. The SMILES string of the molecule is Oc1ccc(C(=C2C3CC4CC(C3)CC2C4)c2ccc(Cl)cc2)cc1. The lowest BCUT2D eigenvalue weighted by atomic mass is 9.53. The Morgan fingerprint density at radius 1 is 0.720 bits per heavy atom. The molecule has 0 atom stereocenters. The quantitative estimate of drug-likeness (QED) is 0.673. The van der Waals surface area contributed by atoms with Crippen molar-refractivity contribution in [1.29, 1.82) is 0 Å². The Kier molecular flexibility index (Phi) is 3.67. The van der Waals surface area contributed by atoms with Crippen molar-refractivity contribution in [2.24, 2.45) is 23.7 Å². The van der Waals surface area contributed by atoms with Gasteiger partial charge in [0.2, 0.25) is 0 Å². The molecule has 6 rings (SSSR count). The van der Waals surface area contributed by atoms with Crippen molar-refractivity contribution < 1.29 is 5.11 Å². The van der Waals surface area contributed by atoms with E-state index in [1.54, 1.807) is 5.57 Å². The van der Waals surface area contributed by atoms with E-state index in [4.69, 9.17) is 11.6 Å². The minimum atomic E-state index is 0.328. The minimum Gasteiger partial charge on any atom is -0.508 e. The smallest absolute Gasteiger partial charge is 0.115 e. The summed E-state index contributed by atoms with van der Waals surface area (Å²) in [6, 6.07) is 16.0. The molecule has 0 amide bonds. The topological polar surface area (TPSA) is 20.2 Å². The first-order valence-corrected chi connectivity index (χ1v) is 9.84. The highest BCUT2D eigenvalue weighted by Crippen LogP contribution is 2.58. The van der Waals surface area contributed by atoms with E-state index >= 15 is 0 Å².